The first-order valence-electron chi connectivity index (χ1n) is 8.02. The molecular weight excluding hydrogens is 286 g/mol. The number of carbonyl (C=O) groups excluding carboxylic acids is 1. The van der Waals surface area contributed by atoms with Crippen LogP contribution >= 0.6 is 0 Å². The molecule has 0 aliphatic heterocycles. The number of pyridine rings is 1. The van der Waals surface area contributed by atoms with Crippen LogP contribution in [0.15, 0.2) is 48.7 Å². The van der Waals surface area contributed by atoms with Crippen LogP contribution in [-0.4, -0.2) is 15.9 Å². The summed E-state index contributed by atoms with van der Waals surface area (Å²) in [6.07, 6.45) is 4.07. The highest BCUT2D eigenvalue weighted by molar-refractivity contribution is 5.98. The second-order valence-corrected chi connectivity index (χ2v) is 6.27. The van der Waals surface area contributed by atoms with E-state index < -0.39 is 0 Å². The molecule has 4 heteroatoms. The number of carbonyl (C=O) groups is 1. The second kappa shape index (κ2) is 5.54. The largest absolute Gasteiger partial charge is 0.350 e. The Bertz CT molecular complexity index is 849. The number of H-pyrrole nitrogens is 1. The van der Waals surface area contributed by atoms with E-state index in [0.717, 1.165) is 35.0 Å². The fourth-order valence-corrected chi connectivity index (χ4v) is 3.07. The molecule has 1 amide bonds. The summed E-state index contributed by atoms with van der Waals surface area (Å²) in [6.45, 7) is 2.04. The zero-order valence-corrected chi connectivity index (χ0v) is 13.0. The van der Waals surface area contributed by atoms with Gasteiger partial charge in [-0.3, -0.25) is 9.78 Å². The van der Waals surface area contributed by atoms with Crippen LogP contribution in [0.3, 0.4) is 0 Å². The van der Waals surface area contributed by atoms with Gasteiger partial charge in [-0.05, 0) is 49.4 Å². The Balaban J connectivity index is 1.61. The van der Waals surface area contributed by atoms with Crippen LogP contribution in [0.5, 0.6) is 0 Å². The minimum atomic E-state index is -0.0665. The topological polar surface area (TPSA) is 57.8 Å². The lowest BCUT2D eigenvalue weighted by molar-refractivity contribution is 0.0926. The number of benzene rings is 1. The third kappa shape index (κ3) is 2.72. The first-order chi connectivity index (χ1) is 11.2. The fourth-order valence-electron chi connectivity index (χ4n) is 3.07. The number of para-hydroxylation sites is 1. The van der Waals surface area contributed by atoms with E-state index >= 15 is 0 Å². The molecule has 23 heavy (non-hydrogen) atoms. The lowest BCUT2D eigenvalue weighted by Gasteiger charge is -2.17. The van der Waals surface area contributed by atoms with Gasteiger partial charge in [0.25, 0.3) is 5.91 Å². The van der Waals surface area contributed by atoms with E-state index in [2.05, 4.69) is 15.3 Å². The molecule has 1 atom stereocenters. The van der Waals surface area contributed by atoms with Crippen molar-refractivity contribution in [1.29, 1.82) is 0 Å². The molecule has 4 rings (SSSR count). The van der Waals surface area contributed by atoms with E-state index in [1.807, 2.05) is 49.4 Å². The van der Waals surface area contributed by atoms with Gasteiger partial charge >= 0.3 is 0 Å². The molecule has 1 unspecified atom stereocenters. The fraction of sp³-hybridized carbons (Fsp3) is 0.263. The highest BCUT2D eigenvalue weighted by Gasteiger charge is 2.34. The molecule has 0 saturated heterocycles. The van der Waals surface area contributed by atoms with Crippen molar-refractivity contribution in [2.45, 2.75) is 25.8 Å². The number of amides is 1. The molecular formula is C19H19N3O. The molecule has 1 aliphatic carbocycles. The Morgan fingerprint density at radius 1 is 1.26 bits per heavy atom. The summed E-state index contributed by atoms with van der Waals surface area (Å²) < 4.78 is 0. The maximum atomic E-state index is 12.7. The van der Waals surface area contributed by atoms with Gasteiger partial charge in [0.2, 0.25) is 0 Å². The SMILES string of the molecule is Cc1cccc2cc(C(=O)NC(c3ccccn3)C3CC3)[nH]c12. The first-order valence-corrected chi connectivity index (χ1v) is 8.02. The van der Waals surface area contributed by atoms with Crippen LogP contribution in [0, 0.1) is 12.8 Å². The molecule has 1 aliphatic rings. The molecule has 2 heterocycles. The predicted molar refractivity (Wildman–Crippen MR) is 90.2 cm³/mol. The molecule has 3 aromatic rings. The van der Waals surface area contributed by atoms with Crippen molar-refractivity contribution >= 4 is 16.8 Å². The van der Waals surface area contributed by atoms with Gasteiger partial charge < -0.3 is 10.3 Å². The highest BCUT2D eigenvalue weighted by atomic mass is 16.1. The second-order valence-electron chi connectivity index (χ2n) is 6.27. The number of rotatable bonds is 4. The van der Waals surface area contributed by atoms with E-state index in [9.17, 15) is 4.79 Å². The van der Waals surface area contributed by atoms with Gasteiger partial charge in [-0.25, -0.2) is 0 Å². The zero-order chi connectivity index (χ0) is 15.8. The van der Waals surface area contributed by atoms with Crippen molar-refractivity contribution < 1.29 is 4.79 Å². The molecule has 4 nitrogen and oxygen atoms in total. The van der Waals surface area contributed by atoms with Crippen molar-refractivity contribution in [3.63, 3.8) is 0 Å². The number of aromatic amines is 1. The third-order valence-electron chi connectivity index (χ3n) is 4.50. The zero-order valence-electron chi connectivity index (χ0n) is 13.0. The Morgan fingerprint density at radius 2 is 2.13 bits per heavy atom. The number of nitrogens with zero attached hydrogens (tertiary/aromatic N) is 1. The number of aryl methyl sites for hydroxylation is 1. The van der Waals surface area contributed by atoms with Crippen LogP contribution in [0.2, 0.25) is 0 Å². The van der Waals surface area contributed by atoms with Crippen LogP contribution in [-0.2, 0) is 0 Å². The quantitative estimate of drug-likeness (QED) is 0.771. The van der Waals surface area contributed by atoms with Gasteiger partial charge in [-0.2, -0.15) is 0 Å². The summed E-state index contributed by atoms with van der Waals surface area (Å²) in [4.78, 5) is 20.3. The summed E-state index contributed by atoms with van der Waals surface area (Å²) in [6, 6.07) is 13.8. The van der Waals surface area contributed by atoms with Crippen LogP contribution < -0.4 is 5.32 Å². The Morgan fingerprint density at radius 3 is 2.83 bits per heavy atom. The molecule has 0 spiro atoms. The van der Waals surface area contributed by atoms with E-state index in [4.69, 9.17) is 0 Å². The molecule has 0 bridgehead atoms. The van der Waals surface area contributed by atoms with Crippen LogP contribution in [0.1, 0.15) is 40.6 Å². The average molecular weight is 305 g/mol. The first kappa shape index (κ1) is 14.0. The van der Waals surface area contributed by atoms with Gasteiger partial charge in [0.1, 0.15) is 5.69 Å². The van der Waals surface area contributed by atoms with Gasteiger partial charge in [0, 0.05) is 17.1 Å². The Hall–Kier alpha value is -2.62. The lowest BCUT2D eigenvalue weighted by atomic mass is 10.1. The monoisotopic (exact) mass is 305 g/mol. The Labute approximate surface area is 134 Å². The standard InChI is InChI=1S/C19H19N3O/c1-12-5-4-6-14-11-16(21-17(12)14)19(23)22-18(13-8-9-13)15-7-2-3-10-20-15/h2-7,10-11,13,18,21H,8-9H2,1H3,(H,22,23). The summed E-state index contributed by atoms with van der Waals surface area (Å²) in [5.41, 5.74) is 3.72. The van der Waals surface area contributed by atoms with Gasteiger partial charge in [0.05, 0.1) is 11.7 Å². The molecule has 1 fully saturated rings. The van der Waals surface area contributed by atoms with Crippen molar-refractivity contribution in [2.75, 3.05) is 0 Å². The van der Waals surface area contributed by atoms with Gasteiger partial charge in [0.15, 0.2) is 0 Å². The van der Waals surface area contributed by atoms with Crippen molar-refractivity contribution in [2.24, 2.45) is 5.92 Å². The van der Waals surface area contributed by atoms with Gasteiger partial charge in [-0.1, -0.05) is 24.3 Å². The minimum Gasteiger partial charge on any atom is -0.350 e. The van der Waals surface area contributed by atoms with E-state index in [1.54, 1.807) is 6.20 Å². The normalized spacial score (nSPS) is 15.5. The summed E-state index contributed by atoms with van der Waals surface area (Å²) in [7, 11) is 0. The molecule has 116 valence electrons. The van der Waals surface area contributed by atoms with Crippen LogP contribution in [0.25, 0.3) is 10.9 Å². The maximum Gasteiger partial charge on any atom is 0.268 e. The number of aromatic nitrogens is 2. The molecule has 0 radical (unpaired) electrons. The van der Waals surface area contributed by atoms with Crippen molar-refractivity contribution in [3.8, 4) is 0 Å². The van der Waals surface area contributed by atoms with E-state index in [-0.39, 0.29) is 11.9 Å². The van der Waals surface area contributed by atoms with Crippen LogP contribution in [0.4, 0.5) is 0 Å². The number of fused-ring (bicyclic) bond motifs is 1. The molecule has 1 aromatic carbocycles. The number of hydrogen-bond donors (Lipinski definition) is 2. The maximum absolute atomic E-state index is 12.7. The highest BCUT2D eigenvalue weighted by Crippen LogP contribution is 2.40. The third-order valence-corrected chi connectivity index (χ3v) is 4.50. The van der Waals surface area contributed by atoms with E-state index in [1.165, 1.54) is 0 Å². The molecule has 2 aromatic heterocycles. The summed E-state index contributed by atoms with van der Waals surface area (Å²) >= 11 is 0. The minimum absolute atomic E-state index is 0.00351. The van der Waals surface area contributed by atoms with Crippen molar-refractivity contribution in [1.82, 2.24) is 15.3 Å². The number of nitrogens with one attached hydrogen (secondary N) is 2. The number of hydrogen-bond acceptors (Lipinski definition) is 2. The Kier molecular flexibility index (Phi) is 3.37. The van der Waals surface area contributed by atoms with Gasteiger partial charge in [-0.15, -0.1) is 0 Å². The molecule has 2 N–H and O–H groups in total. The molecule has 1 saturated carbocycles. The van der Waals surface area contributed by atoms with E-state index in [0.29, 0.717) is 11.6 Å². The summed E-state index contributed by atoms with van der Waals surface area (Å²) in [5, 5.41) is 4.22. The predicted octanol–water partition coefficient (Wildman–Crippen LogP) is 3.75. The smallest absolute Gasteiger partial charge is 0.268 e. The van der Waals surface area contributed by atoms with Crippen molar-refractivity contribution in [3.05, 3.63) is 65.6 Å². The lowest BCUT2D eigenvalue weighted by Crippen LogP contribution is -2.30. The summed E-state index contributed by atoms with van der Waals surface area (Å²) in [5.74, 6) is 0.433. The average Bonchev–Trinajstić information content (AvgIpc) is 3.31.